The molecule has 1 heterocycles. The van der Waals surface area contributed by atoms with E-state index in [0.717, 1.165) is 0 Å². The Hall–Kier alpha value is -1.25. The predicted molar refractivity (Wildman–Crippen MR) is 62.1 cm³/mol. The number of oxazole rings is 1. The van der Waals surface area contributed by atoms with E-state index in [4.69, 9.17) is 12.3 Å². The molecule has 0 spiro atoms. The van der Waals surface area contributed by atoms with Gasteiger partial charge in [0.15, 0.2) is 11.7 Å². The van der Waals surface area contributed by atoms with E-state index in [1.54, 1.807) is 19.1 Å². The van der Waals surface area contributed by atoms with Crippen molar-refractivity contribution in [2.45, 2.75) is 27.7 Å². The molecule has 1 aromatic heterocycles. The third kappa shape index (κ3) is 2.91. The fourth-order valence-electron chi connectivity index (χ4n) is 0.925. The molecule has 0 N–H and O–H groups in total. The number of aromatic nitrogens is 1. The molecule has 3 heteroatoms. The van der Waals surface area contributed by atoms with E-state index in [1.807, 2.05) is 20.8 Å². The third-order valence-electron chi connectivity index (χ3n) is 1.53. The molecular formula is C11H16BNO. The molecule has 0 aromatic carbocycles. The van der Waals surface area contributed by atoms with E-state index in [9.17, 15) is 0 Å². The first-order valence-corrected chi connectivity index (χ1v) is 4.71. The molecule has 0 saturated carbocycles. The molecule has 0 saturated heterocycles. The molecule has 14 heavy (non-hydrogen) atoms. The molecule has 0 aliphatic carbocycles. The molecule has 1 rings (SSSR count). The summed E-state index contributed by atoms with van der Waals surface area (Å²) in [5.74, 6) is 1.23. The van der Waals surface area contributed by atoms with Gasteiger partial charge in [-0.05, 0) is 13.0 Å². The van der Waals surface area contributed by atoms with Gasteiger partial charge in [-0.1, -0.05) is 32.0 Å². The molecule has 1 aromatic rings. The summed E-state index contributed by atoms with van der Waals surface area (Å²) in [7, 11) is 5.67. The Morgan fingerprint density at radius 3 is 2.50 bits per heavy atom. The van der Waals surface area contributed by atoms with Crippen molar-refractivity contribution in [3.8, 4) is 0 Å². The predicted octanol–water partition coefficient (Wildman–Crippen LogP) is 3.18. The minimum absolute atomic E-state index is 0.602. The van der Waals surface area contributed by atoms with Gasteiger partial charge < -0.3 is 4.42 Å². The fourth-order valence-corrected chi connectivity index (χ4v) is 0.925. The standard InChI is InChI=1S/C9H10BNO.C2H6/c1-4-7(10)9-8(5-2)12-6(3)11-9;1-2/h4-5H,2H2,1,3H3;1-2H3/b7-4+;. The molecule has 0 atom stereocenters. The molecule has 74 valence electrons. The van der Waals surface area contributed by atoms with Crippen molar-refractivity contribution in [2.75, 3.05) is 0 Å². The van der Waals surface area contributed by atoms with Crippen LogP contribution >= 0.6 is 0 Å². The Labute approximate surface area is 87.1 Å². The first-order chi connectivity index (χ1) is 6.69. The first kappa shape index (κ1) is 12.8. The van der Waals surface area contributed by atoms with E-state index < -0.39 is 0 Å². The topological polar surface area (TPSA) is 26.0 Å². The highest BCUT2D eigenvalue weighted by molar-refractivity contribution is 6.42. The molecule has 0 aliphatic heterocycles. The number of rotatable bonds is 2. The lowest BCUT2D eigenvalue weighted by Gasteiger charge is -1.93. The van der Waals surface area contributed by atoms with E-state index >= 15 is 0 Å². The van der Waals surface area contributed by atoms with Gasteiger partial charge in [0.05, 0.1) is 0 Å². The monoisotopic (exact) mass is 189 g/mol. The number of allylic oxidation sites excluding steroid dienone is 1. The summed E-state index contributed by atoms with van der Waals surface area (Å²) in [6.45, 7) is 11.2. The third-order valence-corrected chi connectivity index (χ3v) is 1.53. The highest BCUT2D eigenvalue weighted by atomic mass is 16.4. The zero-order valence-electron chi connectivity index (χ0n) is 9.29. The Balaban J connectivity index is 0.000000791. The number of hydrogen-bond acceptors (Lipinski definition) is 2. The summed E-state index contributed by atoms with van der Waals surface area (Å²) in [4.78, 5) is 4.12. The van der Waals surface area contributed by atoms with Crippen molar-refractivity contribution in [2.24, 2.45) is 0 Å². The van der Waals surface area contributed by atoms with Crippen molar-refractivity contribution in [1.29, 1.82) is 0 Å². The van der Waals surface area contributed by atoms with Gasteiger partial charge in [-0.3, -0.25) is 0 Å². The van der Waals surface area contributed by atoms with Gasteiger partial charge in [0.1, 0.15) is 13.5 Å². The maximum Gasteiger partial charge on any atom is 0.192 e. The van der Waals surface area contributed by atoms with Crippen LogP contribution in [0, 0.1) is 6.92 Å². The van der Waals surface area contributed by atoms with Gasteiger partial charge in [-0.15, -0.1) is 0 Å². The Bertz CT molecular complexity index is 326. The largest absolute Gasteiger partial charge is 0.441 e. The Kier molecular flexibility index (Phi) is 5.69. The normalized spacial score (nSPS) is 10.4. The fraction of sp³-hybridized carbons (Fsp3) is 0.364. The van der Waals surface area contributed by atoms with E-state index in [2.05, 4.69) is 11.6 Å². The zero-order chi connectivity index (χ0) is 11.1. The molecule has 0 amide bonds. The number of nitrogens with zero attached hydrogens (tertiary/aromatic N) is 1. The van der Waals surface area contributed by atoms with Crippen LogP contribution in [0.1, 0.15) is 38.1 Å². The maximum absolute atomic E-state index is 5.67. The summed E-state index contributed by atoms with van der Waals surface area (Å²) >= 11 is 0. The van der Waals surface area contributed by atoms with Crippen LogP contribution in [-0.2, 0) is 0 Å². The molecule has 0 fully saturated rings. The van der Waals surface area contributed by atoms with Crippen molar-refractivity contribution >= 4 is 19.4 Å². The van der Waals surface area contributed by atoms with Crippen molar-refractivity contribution in [3.05, 3.63) is 30.0 Å². The second-order valence-electron chi connectivity index (χ2n) is 2.39. The summed E-state index contributed by atoms with van der Waals surface area (Å²) < 4.78 is 5.24. The van der Waals surface area contributed by atoms with Crippen LogP contribution in [0.25, 0.3) is 11.5 Å². The molecule has 0 aliphatic rings. The van der Waals surface area contributed by atoms with E-state index in [0.29, 0.717) is 22.8 Å². The molecule has 2 radical (unpaired) electrons. The van der Waals surface area contributed by atoms with Crippen LogP contribution in [-0.4, -0.2) is 12.8 Å². The van der Waals surface area contributed by atoms with Gasteiger partial charge in [0.25, 0.3) is 0 Å². The second kappa shape index (κ2) is 6.25. The van der Waals surface area contributed by atoms with Gasteiger partial charge in [-0.2, -0.15) is 0 Å². The van der Waals surface area contributed by atoms with Gasteiger partial charge in [0, 0.05) is 6.92 Å². The lowest BCUT2D eigenvalue weighted by molar-refractivity contribution is 0.513. The van der Waals surface area contributed by atoms with Gasteiger partial charge in [-0.25, -0.2) is 4.98 Å². The summed E-state index contributed by atoms with van der Waals surface area (Å²) in [5.41, 5.74) is 1.28. The summed E-state index contributed by atoms with van der Waals surface area (Å²) in [6.07, 6.45) is 3.38. The maximum atomic E-state index is 5.67. The molecular weight excluding hydrogens is 173 g/mol. The van der Waals surface area contributed by atoms with Crippen LogP contribution in [0.4, 0.5) is 0 Å². The SMILES string of the molecule is CC.[B]/C(=C/C)c1nc(C)oc1C=C. The minimum Gasteiger partial charge on any atom is -0.441 e. The minimum atomic E-state index is 0.602. The van der Waals surface area contributed by atoms with Crippen LogP contribution in [0.2, 0.25) is 0 Å². The van der Waals surface area contributed by atoms with E-state index in [1.165, 1.54) is 0 Å². The lowest BCUT2D eigenvalue weighted by atomic mass is 9.91. The average molecular weight is 189 g/mol. The van der Waals surface area contributed by atoms with Gasteiger partial charge in [0.2, 0.25) is 0 Å². The van der Waals surface area contributed by atoms with Crippen molar-refractivity contribution in [1.82, 2.24) is 4.98 Å². The molecule has 0 bridgehead atoms. The second-order valence-corrected chi connectivity index (χ2v) is 2.39. The lowest BCUT2D eigenvalue weighted by Crippen LogP contribution is -1.85. The van der Waals surface area contributed by atoms with Gasteiger partial charge >= 0.3 is 0 Å². The smallest absolute Gasteiger partial charge is 0.192 e. The Morgan fingerprint density at radius 1 is 1.50 bits per heavy atom. The average Bonchev–Trinajstić information content (AvgIpc) is 2.61. The Morgan fingerprint density at radius 2 is 2.07 bits per heavy atom. The van der Waals surface area contributed by atoms with Crippen LogP contribution in [0.15, 0.2) is 17.1 Å². The number of hydrogen-bond donors (Lipinski definition) is 0. The van der Waals surface area contributed by atoms with Crippen LogP contribution < -0.4 is 0 Å². The van der Waals surface area contributed by atoms with Crippen LogP contribution in [0.3, 0.4) is 0 Å². The van der Waals surface area contributed by atoms with Crippen molar-refractivity contribution < 1.29 is 4.42 Å². The van der Waals surface area contributed by atoms with Crippen molar-refractivity contribution in [3.63, 3.8) is 0 Å². The number of aryl methyl sites for hydroxylation is 1. The van der Waals surface area contributed by atoms with E-state index in [-0.39, 0.29) is 0 Å². The zero-order valence-corrected chi connectivity index (χ0v) is 9.29. The highest BCUT2D eigenvalue weighted by Crippen LogP contribution is 2.17. The first-order valence-electron chi connectivity index (χ1n) is 4.71. The summed E-state index contributed by atoms with van der Waals surface area (Å²) in [6, 6.07) is 0. The quantitative estimate of drug-likeness (QED) is 0.667. The van der Waals surface area contributed by atoms with Crippen LogP contribution in [0.5, 0.6) is 0 Å². The molecule has 2 nitrogen and oxygen atoms in total. The molecule has 0 unspecified atom stereocenters. The highest BCUT2D eigenvalue weighted by Gasteiger charge is 2.07. The summed E-state index contributed by atoms with van der Waals surface area (Å²) in [5, 5.41) is 0.